The largest absolute Gasteiger partial charge is 0.369 e. The van der Waals surface area contributed by atoms with Gasteiger partial charge in [-0.1, -0.05) is 0 Å². The van der Waals surface area contributed by atoms with Gasteiger partial charge in [0.1, 0.15) is 5.82 Å². The van der Waals surface area contributed by atoms with Crippen LogP contribution < -0.4 is 15.5 Å². The third kappa shape index (κ3) is 2.07. The number of fused-ring (bicyclic) bond motifs is 1. The molecule has 0 aliphatic carbocycles. The van der Waals surface area contributed by atoms with Crippen molar-refractivity contribution in [2.75, 3.05) is 44.2 Å². The molecular weight excluding hydrogens is 250 g/mol. The fourth-order valence-electron chi connectivity index (χ4n) is 3.31. The quantitative estimate of drug-likeness (QED) is 0.849. The van der Waals surface area contributed by atoms with E-state index in [-0.39, 0.29) is 0 Å². The molecule has 5 nitrogen and oxygen atoms in total. The second-order valence-corrected chi connectivity index (χ2v) is 5.72. The number of nitrogens with one attached hydrogen (secondary N) is 2. The topological polar surface area (TPSA) is 44.6 Å². The average molecular weight is 271 g/mol. The molecule has 0 spiro atoms. The first kappa shape index (κ1) is 12.2. The first-order chi connectivity index (χ1) is 9.92. The van der Waals surface area contributed by atoms with E-state index in [1.54, 1.807) is 0 Å². The van der Waals surface area contributed by atoms with Gasteiger partial charge in [0, 0.05) is 50.5 Å². The van der Waals surface area contributed by atoms with Crippen LogP contribution >= 0.6 is 0 Å². The second kappa shape index (κ2) is 5.07. The molecule has 2 fully saturated rings. The van der Waals surface area contributed by atoms with Crippen LogP contribution in [0.5, 0.6) is 0 Å². The molecule has 20 heavy (non-hydrogen) atoms. The summed E-state index contributed by atoms with van der Waals surface area (Å²) in [6, 6.07) is 4.50. The van der Waals surface area contributed by atoms with E-state index in [2.05, 4.69) is 43.2 Å². The molecule has 2 aromatic rings. The van der Waals surface area contributed by atoms with Gasteiger partial charge in [0.25, 0.3) is 0 Å². The summed E-state index contributed by atoms with van der Waals surface area (Å²) in [6.07, 6.45) is 5.39. The van der Waals surface area contributed by atoms with E-state index in [0.29, 0.717) is 5.92 Å². The Morgan fingerprint density at radius 2 is 2.05 bits per heavy atom. The van der Waals surface area contributed by atoms with Crippen molar-refractivity contribution < 1.29 is 0 Å². The zero-order chi connectivity index (χ0) is 13.4. The Balaban J connectivity index is 1.66. The highest BCUT2D eigenvalue weighted by atomic mass is 15.2. The number of hydrogen-bond acceptors (Lipinski definition) is 4. The lowest BCUT2D eigenvalue weighted by Crippen LogP contribution is -2.43. The molecule has 2 saturated heterocycles. The lowest BCUT2D eigenvalue weighted by molar-refractivity contribution is 0.589. The molecule has 2 aliphatic heterocycles. The lowest BCUT2D eigenvalue weighted by atomic mass is 10.1. The van der Waals surface area contributed by atoms with Crippen LogP contribution in [0.25, 0.3) is 5.52 Å². The van der Waals surface area contributed by atoms with E-state index in [1.807, 2.05) is 6.20 Å². The molecule has 2 aromatic heterocycles. The fraction of sp³-hybridized carbons (Fsp3) is 0.533. The Morgan fingerprint density at radius 3 is 2.85 bits per heavy atom. The highest BCUT2D eigenvalue weighted by Crippen LogP contribution is 2.24. The van der Waals surface area contributed by atoms with Gasteiger partial charge in [0.05, 0.1) is 11.7 Å². The predicted molar refractivity (Wildman–Crippen MR) is 80.5 cm³/mol. The van der Waals surface area contributed by atoms with Gasteiger partial charge in [-0.2, -0.15) is 0 Å². The summed E-state index contributed by atoms with van der Waals surface area (Å²) < 4.78 is 2.25. The number of nitrogens with zero attached hydrogens (tertiary/aromatic N) is 3. The Morgan fingerprint density at radius 1 is 1.15 bits per heavy atom. The Bertz CT molecular complexity index is 593. The Hall–Kier alpha value is -1.59. The molecule has 0 saturated carbocycles. The number of anilines is 1. The first-order valence-corrected chi connectivity index (χ1v) is 7.55. The molecule has 0 bridgehead atoms. The normalized spacial score (nSPS) is 23.6. The predicted octanol–water partition coefficient (Wildman–Crippen LogP) is 0.821. The van der Waals surface area contributed by atoms with Crippen molar-refractivity contribution in [3.63, 3.8) is 0 Å². The van der Waals surface area contributed by atoms with Gasteiger partial charge < -0.3 is 19.9 Å². The minimum absolute atomic E-state index is 0.558. The minimum Gasteiger partial charge on any atom is -0.369 e. The number of imidazole rings is 1. The molecule has 0 radical (unpaired) electrons. The summed E-state index contributed by atoms with van der Waals surface area (Å²) in [5, 5.41) is 6.82. The van der Waals surface area contributed by atoms with E-state index in [9.17, 15) is 0 Å². The summed E-state index contributed by atoms with van der Waals surface area (Å²) in [6.45, 7) is 6.48. The molecule has 5 heteroatoms. The van der Waals surface area contributed by atoms with E-state index in [4.69, 9.17) is 0 Å². The van der Waals surface area contributed by atoms with Gasteiger partial charge in [0.2, 0.25) is 0 Å². The average Bonchev–Trinajstić information content (AvgIpc) is 3.16. The highest BCUT2D eigenvalue weighted by molar-refractivity contribution is 5.60. The highest BCUT2D eigenvalue weighted by Gasteiger charge is 2.21. The third-order valence-corrected chi connectivity index (χ3v) is 4.45. The zero-order valence-corrected chi connectivity index (χ0v) is 11.7. The zero-order valence-electron chi connectivity index (χ0n) is 11.7. The first-order valence-electron chi connectivity index (χ1n) is 7.55. The smallest absolute Gasteiger partial charge is 0.117 e. The van der Waals surface area contributed by atoms with Crippen molar-refractivity contribution >= 4 is 11.2 Å². The van der Waals surface area contributed by atoms with E-state index < -0.39 is 0 Å². The Kier molecular flexibility index (Phi) is 3.09. The maximum Gasteiger partial charge on any atom is 0.117 e. The molecule has 1 unspecified atom stereocenters. The number of aromatic nitrogens is 2. The SMILES string of the molecule is c1cn2c(C3CCNC3)ncc2cc1N1CCNCC1. The summed E-state index contributed by atoms with van der Waals surface area (Å²) in [5.74, 6) is 1.76. The molecule has 4 rings (SSSR count). The van der Waals surface area contributed by atoms with E-state index >= 15 is 0 Å². The van der Waals surface area contributed by atoms with E-state index in [1.165, 1.54) is 23.4 Å². The molecule has 0 amide bonds. The van der Waals surface area contributed by atoms with Crippen LogP contribution in [0.15, 0.2) is 24.5 Å². The van der Waals surface area contributed by atoms with Crippen LogP contribution in [0, 0.1) is 0 Å². The standard InChI is InChI=1S/C15H21N5/c1-3-17-10-12(1)15-18-11-14-9-13(2-6-20(14)15)19-7-4-16-5-8-19/h2,6,9,11-12,16-17H,1,3-5,7-8,10H2. The third-order valence-electron chi connectivity index (χ3n) is 4.45. The van der Waals surface area contributed by atoms with Crippen LogP contribution in [-0.4, -0.2) is 48.7 Å². The van der Waals surface area contributed by atoms with Crippen molar-refractivity contribution in [2.24, 2.45) is 0 Å². The fourth-order valence-corrected chi connectivity index (χ4v) is 3.31. The summed E-state index contributed by atoms with van der Waals surface area (Å²) in [5.41, 5.74) is 2.53. The van der Waals surface area contributed by atoms with Crippen molar-refractivity contribution in [2.45, 2.75) is 12.3 Å². The van der Waals surface area contributed by atoms with Gasteiger partial charge in [-0.25, -0.2) is 4.98 Å². The van der Waals surface area contributed by atoms with Gasteiger partial charge in [-0.05, 0) is 25.1 Å². The van der Waals surface area contributed by atoms with Crippen LogP contribution in [-0.2, 0) is 0 Å². The molecular formula is C15H21N5. The molecule has 106 valence electrons. The van der Waals surface area contributed by atoms with Gasteiger partial charge in [-0.15, -0.1) is 0 Å². The molecule has 4 heterocycles. The second-order valence-electron chi connectivity index (χ2n) is 5.72. The summed E-state index contributed by atoms with van der Waals surface area (Å²) in [7, 11) is 0. The maximum atomic E-state index is 4.66. The molecule has 2 N–H and O–H groups in total. The molecule has 0 aromatic carbocycles. The summed E-state index contributed by atoms with van der Waals surface area (Å²) >= 11 is 0. The van der Waals surface area contributed by atoms with Gasteiger partial charge in [-0.3, -0.25) is 0 Å². The monoisotopic (exact) mass is 271 g/mol. The van der Waals surface area contributed by atoms with E-state index in [0.717, 1.165) is 39.3 Å². The van der Waals surface area contributed by atoms with Crippen LogP contribution in [0.2, 0.25) is 0 Å². The number of hydrogen-bond donors (Lipinski definition) is 2. The van der Waals surface area contributed by atoms with Gasteiger partial charge >= 0.3 is 0 Å². The van der Waals surface area contributed by atoms with Crippen LogP contribution in [0.4, 0.5) is 5.69 Å². The maximum absolute atomic E-state index is 4.66. The van der Waals surface area contributed by atoms with Crippen LogP contribution in [0.3, 0.4) is 0 Å². The van der Waals surface area contributed by atoms with Crippen molar-refractivity contribution in [1.29, 1.82) is 0 Å². The van der Waals surface area contributed by atoms with Crippen molar-refractivity contribution in [3.05, 3.63) is 30.4 Å². The molecule has 2 aliphatic rings. The van der Waals surface area contributed by atoms with Crippen molar-refractivity contribution in [1.82, 2.24) is 20.0 Å². The van der Waals surface area contributed by atoms with Gasteiger partial charge in [0.15, 0.2) is 0 Å². The lowest BCUT2D eigenvalue weighted by Gasteiger charge is -2.29. The Labute approximate surface area is 119 Å². The number of rotatable bonds is 2. The van der Waals surface area contributed by atoms with Crippen molar-refractivity contribution in [3.8, 4) is 0 Å². The number of piperazine rings is 1. The number of pyridine rings is 1. The molecule has 1 atom stereocenters. The summed E-state index contributed by atoms with van der Waals surface area (Å²) in [4.78, 5) is 7.10. The van der Waals surface area contributed by atoms with Crippen LogP contribution in [0.1, 0.15) is 18.2 Å². The minimum atomic E-state index is 0.558.